The van der Waals surface area contributed by atoms with Crippen LogP contribution >= 0.6 is 0 Å². The number of nitrogens with zero attached hydrogens (tertiary/aromatic N) is 3. The number of ether oxygens (including phenoxy) is 1. The van der Waals surface area contributed by atoms with Crippen LogP contribution in [0.4, 0.5) is 0 Å². The number of rotatable bonds is 8. The first kappa shape index (κ1) is 17.6. The summed E-state index contributed by atoms with van der Waals surface area (Å²) < 4.78 is 7.64. The number of nitrogens with one attached hydrogen (secondary N) is 1. The zero-order valence-corrected chi connectivity index (χ0v) is 14.5. The molecule has 1 aliphatic rings. The SMILES string of the molecule is O=C(C[C@H]1CN(Cc2ccccc2)CCO1)NCCCn1cccn1. The predicted molar refractivity (Wildman–Crippen MR) is 95.9 cm³/mol. The number of carbonyl (C=O) groups excluding carboxylic acids is 1. The topological polar surface area (TPSA) is 59.4 Å². The molecule has 0 unspecified atom stereocenters. The molecular weight excluding hydrogens is 316 g/mol. The second kappa shape index (κ2) is 9.34. The minimum Gasteiger partial charge on any atom is -0.375 e. The van der Waals surface area contributed by atoms with E-state index in [1.807, 2.05) is 23.0 Å². The summed E-state index contributed by atoms with van der Waals surface area (Å²) in [6.45, 7) is 4.79. The summed E-state index contributed by atoms with van der Waals surface area (Å²) >= 11 is 0. The molecule has 1 fully saturated rings. The number of amides is 1. The van der Waals surface area contributed by atoms with Gasteiger partial charge in [0.05, 0.1) is 19.1 Å². The average molecular weight is 342 g/mol. The van der Waals surface area contributed by atoms with Gasteiger partial charge in [-0.05, 0) is 18.1 Å². The van der Waals surface area contributed by atoms with Crippen LogP contribution in [-0.2, 0) is 22.6 Å². The molecule has 0 spiro atoms. The molecule has 0 radical (unpaired) electrons. The Morgan fingerprint density at radius 2 is 2.16 bits per heavy atom. The van der Waals surface area contributed by atoms with Crippen LogP contribution in [0, 0.1) is 0 Å². The zero-order valence-electron chi connectivity index (χ0n) is 14.5. The van der Waals surface area contributed by atoms with E-state index in [2.05, 4.69) is 39.6 Å². The van der Waals surface area contributed by atoms with Crippen molar-refractivity contribution in [2.24, 2.45) is 0 Å². The molecule has 134 valence electrons. The fourth-order valence-corrected chi connectivity index (χ4v) is 3.07. The lowest BCUT2D eigenvalue weighted by molar-refractivity contribution is -0.126. The van der Waals surface area contributed by atoms with Crippen LogP contribution in [0.2, 0.25) is 0 Å². The van der Waals surface area contributed by atoms with Crippen molar-refractivity contribution in [2.75, 3.05) is 26.2 Å². The van der Waals surface area contributed by atoms with Crippen LogP contribution in [-0.4, -0.2) is 52.9 Å². The van der Waals surface area contributed by atoms with Gasteiger partial charge in [0.25, 0.3) is 0 Å². The molecule has 1 aromatic carbocycles. The summed E-state index contributed by atoms with van der Waals surface area (Å²) in [5.41, 5.74) is 1.30. The van der Waals surface area contributed by atoms with Gasteiger partial charge in [-0.25, -0.2) is 0 Å². The van der Waals surface area contributed by atoms with Gasteiger partial charge >= 0.3 is 0 Å². The van der Waals surface area contributed by atoms with Crippen molar-refractivity contribution in [3.8, 4) is 0 Å². The monoisotopic (exact) mass is 342 g/mol. The highest BCUT2D eigenvalue weighted by atomic mass is 16.5. The van der Waals surface area contributed by atoms with Crippen molar-refractivity contribution in [1.29, 1.82) is 0 Å². The van der Waals surface area contributed by atoms with Crippen molar-refractivity contribution in [1.82, 2.24) is 20.0 Å². The van der Waals surface area contributed by atoms with Crippen LogP contribution < -0.4 is 5.32 Å². The van der Waals surface area contributed by atoms with Gasteiger partial charge in [-0.1, -0.05) is 30.3 Å². The molecule has 2 heterocycles. The number of hydrogen-bond donors (Lipinski definition) is 1. The van der Waals surface area contributed by atoms with E-state index in [1.165, 1.54) is 5.56 Å². The number of aryl methyl sites for hydroxylation is 1. The van der Waals surface area contributed by atoms with E-state index < -0.39 is 0 Å². The minimum atomic E-state index is -0.0245. The summed E-state index contributed by atoms with van der Waals surface area (Å²) in [5, 5.41) is 7.13. The Morgan fingerprint density at radius 3 is 2.96 bits per heavy atom. The van der Waals surface area contributed by atoms with E-state index in [0.717, 1.165) is 32.6 Å². The minimum absolute atomic E-state index is 0.0245. The van der Waals surface area contributed by atoms with Gasteiger partial charge < -0.3 is 10.1 Å². The third-order valence-electron chi connectivity index (χ3n) is 4.33. The maximum absolute atomic E-state index is 12.1. The van der Waals surface area contributed by atoms with Crippen molar-refractivity contribution >= 4 is 5.91 Å². The average Bonchev–Trinajstić information content (AvgIpc) is 3.13. The lowest BCUT2D eigenvalue weighted by Crippen LogP contribution is -2.44. The Bertz CT molecular complexity index is 630. The second-order valence-electron chi connectivity index (χ2n) is 6.39. The van der Waals surface area contributed by atoms with Crippen LogP contribution in [0.5, 0.6) is 0 Å². The predicted octanol–water partition coefficient (Wildman–Crippen LogP) is 1.68. The Kier molecular flexibility index (Phi) is 6.59. The third kappa shape index (κ3) is 5.99. The van der Waals surface area contributed by atoms with Crippen molar-refractivity contribution < 1.29 is 9.53 Å². The lowest BCUT2D eigenvalue weighted by atomic mass is 10.1. The largest absolute Gasteiger partial charge is 0.375 e. The summed E-state index contributed by atoms with van der Waals surface area (Å²) in [7, 11) is 0. The maximum Gasteiger partial charge on any atom is 0.222 e. The van der Waals surface area contributed by atoms with Crippen molar-refractivity contribution in [2.45, 2.75) is 32.0 Å². The quantitative estimate of drug-likeness (QED) is 0.742. The van der Waals surface area contributed by atoms with Crippen LogP contribution in [0.3, 0.4) is 0 Å². The molecule has 0 saturated carbocycles. The molecule has 25 heavy (non-hydrogen) atoms. The Morgan fingerprint density at radius 1 is 1.28 bits per heavy atom. The summed E-state index contributed by atoms with van der Waals surface area (Å²) in [6.07, 6.45) is 4.97. The fourth-order valence-electron chi connectivity index (χ4n) is 3.07. The number of aromatic nitrogens is 2. The molecule has 1 aromatic heterocycles. The third-order valence-corrected chi connectivity index (χ3v) is 4.33. The van der Waals surface area contributed by atoms with Gasteiger partial charge in [0.2, 0.25) is 5.91 Å². The number of benzene rings is 1. The molecule has 6 heteroatoms. The van der Waals surface area contributed by atoms with E-state index in [4.69, 9.17) is 4.74 Å². The molecule has 1 aliphatic heterocycles. The van der Waals surface area contributed by atoms with Crippen LogP contribution in [0.25, 0.3) is 0 Å². The summed E-state index contributed by atoms with van der Waals surface area (Å²) in [5.74, 6) is 0.0621. The van der Waals surface area contributed by atoms with Gasteiger partial charge in [0.1, 0.15) is 0 Å². The highest BCUT2D eigenvalue weighted by molar-refractivity contribution is 5.76. The number of hydrogen-bond acceptors (Lipinski definition) is 4. The Hall–Kier alpha value is -2.18. The first-order valence-corrected chi connectivity index (χ1v) is 8.91. The standard InChI is InChI=1S/C19H26N4O2/c24-19(20-8-4-10-23-11-5-9-21-23)14-18-16-22(12-13-25-18)15-17-6-2-1-3-7-17/h1-3,5-7,9,11,18H,4,8,10,12-16H2,(H,20,24)/t18-/m0/s1. The Labute approximate surface area is 148 Å². The first-order valence-electron chi connectivity index (χ1n) is 8.91. The molecule has 2 aromatic rings. The van der Waals surface area contributed by atoms with E-state index in [-0.39, 0.29) is 12.0 Å². The summed E-state index contributed by atoms with van der Waals surface area (Å²) in [6, 6.07) is 12.3. The number of carbonyl (C=O) groups is 1. The van der Waals surface area contributed by atoms with E-state index in [9.17, 15) is 4.79 Å². The highest BCUT2D eigenvalue weighted by Gasteiger charge is 2.22. The normalized spacial score (nSPS) is 18.2. The Balaban J connectivity index is 1.34. The van der Waals surface area contributed by atoms with Gasteiger partial charge in [-0.3, -0.25) is 14.4 Å². The maximum atomic E-state index is 12.1. The highest BCUT2D eigenvalue weighted by Crippen LogP contribution is 2.12. The molecule has 1 amide bonds. The molecule has 0 bridgehead atoms. The van der Waals surface area contributed by atoms with Gasteiger partial charge in [-0.15, -0.1) is 0 Å². The van der Waals surface area contributed by atoms with Crippen LogP contribution in [0.15, 0.2) is 48.8 Å². The molecular formula is C19H26N4O2. The molecule has 3 rings (SSSR count). The second-order valence-corrected chi connectivity index (χ2v) is 6.39. The molecule has 1 saturated heterocycles. The fraction of sp³-hybridized carbons (Fsp3) is 0.474. The van der Waals surface area contributed by atoms with Crippen LogP contribution in [0.1, 0.15) is 18.4 Å². The lowest BCUT2D eigenvalue weighted by Gasteiger charge is -2.32. The molecule has 0 aliphatic carbocycles. The van der Waals surface area contributed by atoms with Gasteiger partial charge in [0.15, 0.2) is 0 Å². The van der Waals surface area contributed by atoms with E-state index in [0.29, 0.717) is 19.6 Å². The number of morpholine rings is 1. The molecule has 6 nitrogen and oxygen atoms in total. The van der Waals surface area contributed by atoms with Gasteiger partial charge in [-0.2, -0.15) is 5.10 Å². The van der Waals surface area contributed by atoms with E-state index in [1.54, 1.807) is 6.20 Å². The van der Waals surface area contributed by atoms with Crippen molar-refractivity contribution in [3.63, 3.8) is 0 Å². The smallest absolute Gasteiger partial charge is 0.222 e. The summed E-state index contributed by atoms with van der Waals surface area (Å²) in [4.78, 5) is 14.5. The van der Waals surface area contributed by atoms with Gasteiger partial charge in [0, 0.05) is 45.1 Å². The van der Waals surface area contributed by atoms with Crippen molar-refractivity contribution in [3.05, 3.63) is 54.4 Å². The van der Waals surface area contributed by atoms with E-state index >= 15 is 0 Å². The molecule has 1 N–H and O–H groups in total. The zero-order chi connectivity index (χ0) is 17.3. The first-order chi connectivity index (χ1) is 12.3. The molecule has 1 atom stereocenters.